The summed E-state index contributed by atoms with van der Waals surface area (Å²) in [7, 11) is 1.81. The lowest BCUT2D eigenvalue weighted by Crippen LogP contribution is -3.12. The Hall–Kier alpha value is -1.63. The molecule has 1 atom stereocenters. The Labute approximate surface area is 137 Å². The van der Waals surface area contributed by atoms with Gasteiger partial charge in [0.15, 0.2) is 13.2 Å². The quantitative estimate of drug-likeness (QED) is 0.617. The molecule has 1 aliphatic carbocycles. The Morgan fingerprint density at radius 3 is 2.43 bits per heavy atom. The van der Waals surface area contributed by atoms with E-state index in [2.05, 4.69) is 10.6 Å². The Bertz CT molecular complexity index is 492. The number of hydrogen-bond donors (Lipinski definition) is 3. The first-order chi connectivity index (χ1) is 10.6. The van der Waals surface area contributed by atoms with Crippen LogP contribution in [0.15, 0.2) is 0 Å². The van der Waals surface area contributed by atoms with Crippen LogP contribution >= 0.6 is 0 Å². The molecule has 130 valence electrons. The monoisotopic (exact) mass is 325 g/mol. The summed E-state index contributed by atoms with van der Waals surface area (Å²) < 4.78 is 0. The van der Waals surface area contributed by atoms with Gasteiger partial charge in [-0.3, -0.25) is 9.59 Å². The molecular weight excluding hydrogens is 296 g/mol. The fourth-order valence-corrected chi connectivity index (χ4v) is 3.38. The normalized spacial score (nSPS) is 22.2. The summed E-state index contributed by atoms with van der Waals surface area (Å²) in [6.45, 7) is 6.20. The standard InChI is InChI=1S/C16H28N4O3/c1-15(2,3)17-12(21)10-19(4)11-20-13(22)16(18-14(20)23)8-6-5-7-9-16/h5-11H2,1-4H3,(H,17,21)(H,18,23)/p+1. The van der Waals surface area contributed by atoms with E-state index in [0.29, 0.717) is 0 Å². The highest BCUT2D eigenvalue weighted by atomic mass is 16.2. The van der Waals surface area contributed by atoms with Gasteiger partial charge < -0.3 is 15.5 Å². The molecule has 7 nitrogen and oxygen atoms in total. The second kappa shape index (κ2) is 6.47. The Kier molecular flexibility index (Phi) is 4.98. The minimum Gasteiger partial charge on any atom is -0.347 e. The van der Waals surface area contributed by atoms with Crippen molar-refractivity contribution in [3.8, 4) is 0 Å². The van der Waals surface area contributed by atoms with Gasteiger partial charge in [-0.05, 0) is 33.6 Å². The lowest BCUT2D eigenvalue weighted by molar-refractivity contribution is -0.879. The number of carbonyl (C=O) groups is 3. The second-order valence-electron chi connectivity index (χ2n) is 7.90. The number of urea groups is 1. The van der Waals surface area contributed by atoms with Crippen molar-refractivity contribution >= 4 is 17.8 Å². The number of likely N-dealkylation sites (N-methyl/N-ethyl adjacent to an activating group) is 1. The lowest BCUT2D eigenvalue weighted by atomic mass is 9.82. The van der Waals surface area contributed by atoms with Crippen molar-refractivity contribution in [1.82, 2.24) is 15.5 Å². The molecule has 1 aliphatic heterocycles. The third-order valence-corrected chi connectivity index (χ3v) is 4.36. The van der Waals surface area contributed by atoms with E-state index >= 15 is 0 Å². The fraction of sp³-hybridized carbons (Fsp3) is 0.812. The van der Waals surface area contributed by atoms with Crippen LogP contribution in [0.1, 0.15) is 52.9 Å². The number of nitrogens with one attached hydrogen (secondary N) is 3. The molecule has 1 heterocycles. The molecule has 3 N–H and O–H groups in total. The van der Waals surface area contributed by atoms with Crippen molar-refractivity contribution in [2.75, 3.05) is 20.3 Å². The summed E-state index contributed by atoms with van der Waals surface area (Å²) in [5.74, 6) is -0.216. The van der Waals surface area contributed by atoms with E-state index in [1.807, 2.05) is 27.8 Å². The third kappa shape index (κ3) is 4.22. The molecule has 1 spiro atoms. The largest absolute Gasteiger partial charge is 0.347 e. The Morgan fingerprint density at radius 1 is 1.26 bits per heavy atom. The van der Waals surface area contributed by atoms with Crippen molar-refractivity contribution in [3.63, 3.8) is 0 Å². The van der Waals surface area contributed by atoms with E-state index in [-0.39, 0.29) is 36.6 Å². The number of amides is 4. The van der Waals surface area contributed by atoms with Crippen LogP contribution in [0.25, 0.3) is 0 Å². The van der Waals surface area contributed by atoms with Gasteiger partial charge in [0.2, 0.25) is 0 Å². The van der Waals surface area contributed by atoms with E-state index in [0.717, 1.165) is 37.0 Å². The third-order valence-electron chi connectivity index (χ3n) is 4.36. The predicted octanol–water partition coefficient (Wildman–Crippen LogP) is -0.372. The summed E-state index contributed by atoms with van der Waals surface area (Å²) in [5.41, 5.74) is -0.979. The fourth-order valence-electron chi connectivity index (χ4n) is 3.38. The van der Waals surface area contributed by atoms with Gasteiger partial charge in [0.1, 0.15) is 5.54 Å². The molecule has 2 rings (SSSR count). The van der Waals surface area contributed by atoms with Crippen molar-refractivity contribution in [1.29, 1.82) is 0 Å². The van der Waals surface area contributed by atoms with Crippen LogP contribution in [-0.4, -0.2) is 54.1 Å². The van der Waals surface area contributed by atoms with Crippen LogP contribution in [0.4, 0.5) is 4.79 Å². The van der Waals surface area contributed by atoms with Gasteiger partial charge in [-0.15, -0.1) is 0 Å². The molecule has 2 fully saturated rings. The highest BCUT2D eigenvalue weighted by Crippen LogP contribution is 2.33. The van der Waals surface area contributed by atoms with Crippen molar-refractivity contribution in [2.24, 2.45) is 0 Å². The minimum absolute atomic E-state index is 0.0885. The van der Waals surface area contributed by atoms with Gasteiger partial charge in [-0.1, -0.05) is 19.3 Å². The highest BCUT2D eigenvalue weighted by molar-refractivity contribution is 6.06. The predicted molar refractivity (Wildman–Crippen MR) is 85.7 cm³/mol. The molecule has 1 saturated heterocycles. The molecule has 1 saturated carbocycles. The maximum absolute atomic E-state index is 12.7. The van der Waals surface area contributed by atoms with Gasteiger partial charge in [0.25, 0.3) is 11.8 Å². The first-order valence-corrected chi connectivity index (χ1v) is 8.39. The molecule has 0 aromatic carbocycles. The summed E-state index contributed by atoms with van der Waals surface area (Å²) in [6, 6.07) is -0.326. The average Bonchev–Trinajstić information content (AvgIpc) is 2.62. The molecule has 0 radical (unpaired) electrons. The van der Waals surface area contributed by atoms with Gasteiger partial charge in [0, 0.05) is 5.54 Å². The van der Waals surface area contributed by atoms with Crippen LogP contribution in [0.3, 0.4) is 0 Å². The maximum Gasteiger partial charge on any atom is 0.329 e. The van der Waals surface area contributed by atoms with Gasteiger partial charge in [0.05, 0.1) is 7.05 Å². The molecule has 4 amide bonds. The van der Waals surface area contributed by atoms with E-state index in [1.165, 1.54) is 4.90 Å². The van der Waals surface area contributed by atoms with Crippen LogP contribution in [0.5, 0.6) is 0 Å². The molecular formula is C16H29N4O3+. The summed E-state index contributed by atoms with van der Waals surface area (Å²) in [5, 5.41) is 5.78. The topological polar surface area (TPSA) is 82.9 Å². The Morgan fingerprint density at radius 2 is 1.87 bits per heavy atom. The SMILES string of the molecule is C[NH+](CC(=O)NC(C)(C)C)CN1C(=O)NC2(CCCCC2)C1=O. The second-order valence-corrected chi connectivity index (χ2v) is 7.90. The molecule has 2 aliphatic rings. The van der Waals surface area contributed by atoms with Crippen molar-refractivity contribution in [2.45, 2.75) is 64.0 Å². The minimum atomic E-state index is -0.691. The van der Waals surface area contributed by atoms with Crippen LogP contribution in [0.2, 0.25) is 0 Å². The molecule has 1 unspecified atom stereocenters. The zero-order valence-electron chi connectivity index (χ0n) is 14.6. The van der Waals surface area contributed by atoms with Gasteiger partial charge in [-0.2, -0.15) is 0 Å². The smallest absolute Gasteiger partial charge is 0.329 e. The molecule has 0 aromatic heterocycles. The zero-order valence-corrected chi connectivity index (χ0v) is 14.6. The number of imide groups is 1. The Balaban J connectivity index is 1.93. The highest BCUT2D eigenvalue weighted by Gasteiger charge is 2.52. The number of hydrogen-bond acceptors (Lipinski definition) is 3. The van der Waals surface area contributed by atoms with Crippen molar-refractivity contribution in [3.05, 3.63) is 0 Å². The van der Waals surface area contributed by atoms with Crippen molar-refractivity contribution < 1.29 is 19.3 Å². The lowest BCUT2D eigenvalue weighted by Gasteiger charge is -2.30. The van der Waals surface area contributed by atoms with Gasteiger partial charge in [-0.25, -0.2) is 9.69 Å². The van der Waals surface area contributed by atoms with Crippen LogP contribution < -0.4 is 15.5 Å². The number of rotatable bonds is 4. The number of carbonyl (C=O) groups excluding carboxylic acids is 3. The summed E-state index contributed by atoms with van der Waals surface area (Å²) >= 11 is 0. The summed E-state index contributed by atoms with van der Waals surface area (Å²) in [6.07, 6.45) is 4.49. The average molecular weight is 325 g/mol. The van der Waals surface area contributed by atoms with E-state index in [4.69, 9.17) is 0 Å². The van der Waals surface area contributed by atoms with E-state index in [1.54, 1.807) is 0 Å². The maximum atomic E-state index is 12.7. The number of quaternary nitrogens is 1. The van der Waals surface area contributed by atoms with E-state index < -0.39 is 5.54 Å². The molecule has 7 heteroatoms. The molecule has 0 bridgehead atoms. The van der Waals surface area contributed by atoms with E-state index in [9.17, 15) is 14.4 Å². The van der Waals surface area contributed by atoms with Crippen LogP contribution in [-0.2, 0) is 9.59 Å². The summed E-state index contributed by atoms with van der Waals surface area (Å²) in [4.78, 5) is 38.9. The molecule has 23 heavy (non-hydrogen) atoms. The molecule has 0 aromatic rings. The van der Waals surface area contributed by atoms with Crippen LogP contribution in [0, 0.1) is 0 Å². The number of nitrogens with zero attached hydrogens (tertiary/aromatic N) is 1. The first kappa shape index (κ1) is 17.7. The first-order valence-electron chi connectivity index (χ1n) is 8.39. The van der Waals surface area contributed by atoms with Gasteiger partial charge >= 0.3 is 6.03 Å². The zero-order chi connectivity index (χ0) is 17.3.